The number of ether oxygens (including phenoxy) is 1. The SMILES string of the molecule is CC(=O)c1c(C)[nH]c(C(=O)OCC(=O)Nc2cccc3ccccc23)c1C. The van der Waals surface area contributed by atoms with Gasteiger partial charge in [-0.25, -0.2) is 4.79 Å². The third-order valence-electron chi connectivity index (χ3n) is 4.39. The number of Topliss-reactive ketones (excluding diaryl/α,β-unsaturated/α-hetero) is 1. The lowest BCUT2D eigenvalue weighted by atomic mass is 10.1. The molecule has 0 saturated carbocycles. The summed E-state index contributed by atoms with van der Waals surface area (Å²) < 4.78 is 5.11. The number of H-pyrrole nitrogens is 1. The Morgan fingerprint density at radius 2 is 1.74 bits per heavy atom. The molecule has 1 aromatic heterocycles. The van der Waals surface area contributed by atoms with Crippen LogP contribution in [0.5, 0.6) is 0 Å². The third-order valence-corrected chi connectivity index (χ3v) is 4.39. The Bertz CT molecular complexity index is 1040. The van der Waals surface area contributed by atoms with Crippen LogP contribution in [0.15, 0.2) is 42.5 Å². The maximum Gasteiger partial charge on any atom is 0.355 e. The minimum Gasteiger partial charge on any atom is -0.451 e. The number of nitrogens with one attached hydrogen (secondary N) is 2. The molecule has 0 unspecified atom stereocenters. The number of carbonyl (C=O) groups excluding carboxylic acids is 3. The van der Waals surface area contributed by atoms with Gasteiger partial charge in [0, 0.05) is 22.3 Å². The second-order valence-electron chi connectivity index (χ2n) is 6.33. The van der Waals surface area contributed by atoms with Crippen molar-refractivity contribution < 1.29 is 19.1 Å². The number of ketones is 1. The molecular formula is C21H20N2O4. The number of aromatic amines is 1. The zero-order chi connectivity index (χ0) is 19.6. The topological polar surface area (TPSA) is 88.3 Å². The first-order valence-corrected chi connectivity index (χ1v) is 8.53. The number of hydrogen-bond donors (Lipinski definition) is 2. The van der Waals surface area contributed by atoms with E-state index in [1.54, 1.807) is 19.9 Å². The highest BCUT2D eigenvalue weighted by Crippen LogP contribution is 2.23. The summed E-state index contributed by atoms with van der Waals surface area (Å²) in [5.74, 6) is -1.24. The van der Waals surface area contributed by atoms with Crippen molar-refractivity contribution in [3.05, 3.63) is 65.0 Å². The van der Waals surface area contributed by atoms with Crippen molar-refractivity contribution in [2.75, 3.05) is 11.9 Å². The number of aromatic nitrogens is 1. The number of fused-ring (bicyclic) bond motifs is 1. The number of esters is 1. The van der Waals surface area contributed by atoms with Crippen molar-refractivity contribution in [3.8, 4) is 0 Å². The molecule has 27 heavy (non-hydrogen) atoms. The van der Waals surface area contributed by atoms with Crippen molar-refractivity contribution in [2.45, 2.75) is 20.8 Å². The Morgan fingerprint density at radius 3 is 2.44 bits per heavy atom. The number of carbonyl (C=O) groups is 3. The molecule has 2 aromatic carbocycles. The van der Waals surface area contributed by atoms with Crippen LogP contribution in [0.1, 0.15) is 39.0 Å². The van der Waals surface area contributed by atoms with E-state index in [4.69, 9.17) is 4.74 Å². The standard InChI is InChI=1S/C21H20N2O4/c1-12-19(14(3)24)13(2)22-20(12)21(26)27-11-18(25)23-17-10-6-8-15-7-4-5-9-16(15)17/h4-10,22H,11H2,1-3H3,(H,23,25). The lowest BCUT2D eigenvalue weighted by Crippen LogP contribution is -2.21. The van der Waals surface area contributed by atoms with Crippen LogP contribution in [0.2, 0.25) is 0 Å². The molecule has 0 aliphatic rings. The molecular weight excluding hydrogens is 344 g/mol. The molecule has 0 spiro atoms. The van der Waals surface area contributed by atoms with Crippen LogP contribution in [0.4, 0.5) is 5.69 Å². The van der Waals surface area contributed by atoms with Crippen molar-refractivity contribution in [1.82, 2.24) is 4.98 Å². The smallest absolute Gasteiger partial charge is 0.355 e. The van der Waals surface area contributed by atoms with Gasteiger partial charge in [-0.2, -0.15) is 0 Å². The molecule has 0 radical (unpaired) electrons. The summed E-state index contributed by atoms with van der Waals surface area (Å²) in [4.78, 5) is 39.0. The molecule has 6 heteroatoms. The van der Waals surface area contributed by atoms with E-state index in [-0.39, 0.29) is 11.5 Å². The molecule has 6 nitrogen and oxygen atoms in total. The maximum atomic E-state index is 12.3. The first-order chi connectivity index (χ1) is 12.9. The number of benzene rings is 2. The molecule has 1 amide bonds. The highest BCUT2D eigenvalue weighted by molar-refractivity contribution is 6.04. The van der Waals surface area contributed by atoms with E-state index in [2.05, 4.69) is 10.3 Å². The predicted molar refractivity (Wildman–Crippen MR) is 103 cm³/mol. The number of rotatable bonds is 5. The molecule has 3 rings (SSSR count). The largest absolute Gasteiger partial charge is 0.451 e. The van der Waals surface area contributed by atoms with Crippen LogP contribution in [-0.4, -0.2) is 29.3 Å². The average molecular weight is 364 g/mol. The van der Waals surface area contributed by atoms with Crippen molar-refractivity contribution in [2.24, 2.45) is 0 Å². The first-order valence-electron chi connectivity index (χ1n) is 8.53. The minimum absolute atomic E-state index is 0.131. The second kappa shape index (κ2) is 7.45. The summed E-state index contributed by atoms with van der Waals surface area (Å²) >= 11 is 0. The highest BCUT2D eigenvalue weighted by Gasteiger charge is 2.21. The summed E-state index contributed by atoms with van der Waals surface area (Å²) in [5, 5.41) is 4.67. The fourth-order valence-corrected chi connectivity index (χ4v) is 3.21. The molecule has 0 aliphatic carbocycles. The molecule has 138 valence electrons. The van der Waals surface area contributed by atoms with E-state index in [1.165, 1.54) is 6.92 Å². The van der Waals surface area contributed by atoms with Crippen LogP contribution in [-0.2, 0) is 9.53 Å². The number of aryl methyl sites for hydroxylation is 1. The number of hydrogen-bond acceptors (Lipinski definition) is 4. The van der Waals surface area contributed by atoms with E-state index in [0.717, 1.165) is 10.8 Å². The van der Waals surface area contributed by atoms with Crippen LogP contribution >= 0.6 is 0 Å². The van der Waals surface area contributed by atoms with Crippen LogP contribution in [0, 0.1) is 13.8 Å². The zero-order valence-corrected chi connectivity index (χ0v) is 15.4. The summed E-state index contributed by atoms with van der Waals surface area (Å²) in [6.45, 7) is 4.41. The summed E-state index contributed by atoms with van der Waals surface area (Å²) in [6, 6.07) is 13.3. The Kier molecular flexibility index (Phi) is 5.07. The molecule has 0 bridgehead atoms. The van der Waals surface area contributed by atoms with Gasteiger partial charge >= 0.3 is 5.97 Å². The normalized spacial score (nSPS) is 10.6. The second-order valence-corrected chi connectivity index (χ2v) is 6.33. The molecule has 3 aromatic rings. The van der Waals surface area contributed by atoms with E-state index in [1.807, 2.05) is 36.4 Å². The zero-order valence-electron chi connectivity index (χ0n) is 15.4. The molecule has 0 aliphatic heterocycles. The van der Waals surface area contributed by atoms with Gasteiger partial charge in [0.05, 0.1) is 0 Å². The van der Waals surface area contributed by atoms with Crippen LogP contribution < -0.4 is 5.32 Å². The lowest BCUT2D eigenvalue weighted by molar-refractivity contribution is -0.119. The predicted octanol–water partition coefficient (Wildman–Crippen LogP) is 3.78. The molecule has 1 heterocycles. The molecule has 2 N–H and O–H groups in total. The van der Waals surface area contributed by atoms with Gasteiger partial charge in [-0.3, -0.25) is 9.59 Å². The summed E-state index contributed by atoms with van der Waals surface area (Å²) in [5.41, 5.74) is 2.45. The quantitative estimate of drug-likeness (QED) is 0.533. The summed E-state index contributed by atoms with van der Waals surface area (Å²) in [7, 11) is 0. The van der Waals surface area contributed by atoms with Crippen molar-refractivity contribution in [3.63, 3.8) is 0 Å². The Morgan fingerprint density at radius 1 is 1.04 bits per heavy atom. The minimum atomic E-state index is -0.670. The highest BCUT2D eigenvalue weighted by atomic mass is 16.5. The van der Waals surface area contributed by atoms with Gasteiger partial charge in [0.15, 0.2) is 12.4 Å². The monoisotopic (exact) mass is 364 g/mol. The van der Waals surface area contributed by atoms with Gasteiger partial charge in [-0.1, -0.05) is 36.4 Å². The average Bonchev–Trinajstić information content (AvgIpc) is 2.94. The van der Waals surface area contributed by atoms with Crippen LogP contribution in [0.3, 0.4) is 0 Å². The van der Waals surface area contributed by atoms with E-state index in [9.17, 15) is 14.4 Å². The van der Waals surface area contributed by atoms with Gasteiger partial charge < -0.3 is 15.0 Å². The molecule has 0 saturated heterocycles. The number of anilines is 1. The third kappa shape index (κ3) is 3.74. The Hall–Kier alpha value is -3.41. The van der Waals surface area contributed by atoms with Crippen molar-refractivity contribution >= 4 is 34.1 Å². The van der Waals surface area contributed by atoms with Gasteiger partial charge in [0.25, 0.3) is 5.91 Å². The van der Waals surface area contributed by atoms with E-state index < -0.39 is 18.5 Å². The summed E-state index contributed by atoms with van der Waals surface area (Å²) in [6.07, 6.45) is 0. The Labute approximate surface area is 156 Å². The van der Waals surface area contributed by atoms with Crippen molar-refractivity contribution in [1.29, 1.82) is 0 Å². The molecule has 0 fully saturated rings. The first kappa shape index (κ1) is 18.4. The number of amides is 1. The Balaban J connectivity index is 1.68. The van der Waals surface area contributed by atoms with Gasteiger partial charge in [-0.15, -0.1) is 0 Å². The van der Waals surface area contributed by atoms with Crippen LogP contribution in [0.25, 0.3) is 10.8 Å². The van der Waals surface area contributed by atoms with Gasteiger partial charge in [-0.05, 0) is 37.8 Å². The maximum absolute atomic E-state index is 12.3. The van der Waals surface area contributed by atoms with Gasteiger partial charge in [0.1, 0.15) is 5.69 Å². The fraction of sp³-hybridized carbons (Fsp3) is 0.190. The lowest BCUT2D eigenvalue weighted by Gasteiger charge is -2.09. The molecule has 0 atom stereocenters. The van der Waals surface area contributed by atoms with E-state index >= 15 is 0 Å². The van der Waals surface area contributed by atoms with E-state index in [0.29, 0.717) is 22.5 Å². The fourth-order valence-electron chi connectivity index (χ4n) is 3.21. The van der Waals surface area contributed by atoms with Gasteiger partial charge in [0.2, 0.25) is 0 Å².